The second-order valence-electron chi connectivity index (χ2n) is 6.63. The molecule has 7 heteroatoms. The molecule has 0 aliphatic carbocycles. The molecule has 1 atom stereocenters. The molecule has 2 aromatic rings. The Morgan fingerprint density at radius 3 is 2.65 bits per heavy atom. The monoisotopic (exact) mass is 358 g/mol. The summed E-state index contributed by atoms with van der Waals surface area (Å²) in [6.45, 7) is 5.80. The number of nitrogens with one attached hydrogen (secondary N) is 1. The van der Waals surface area contributed by atoms with E-state index >= 15 is 0 Å². The molecular formula is C19H23FN4O2. The van der Waals surface area contributed by atoms with Crippen LogP contribution in [0.15, 0.2) is 36.7 Å². The summed E-state index contributed by atoms with van der Waals surface area (Å²) in [6, 6.07) is 7.32. The quantitative estimate of drug-likeness (QED) is 0.889. The molecule has 1 aliphatic rings. The van der Waals surface area contributed by atoms with Gasteiger partial charge in [-0.15, -0.1) is 0 Å². The second-order valence-corrected chi connectivity index (χ2v) is 6.63. The van der Waals surface area contributed by atoms with Crippen LogP contribution in [0.2, 0.25) is 0 Å². The molecule has 1 aliphatic heterocycles. The Labute approximate surface area is 152 Å². The molecule has 0 spiro atoms. The summed E-state index contributed by atoms with van der Waals surface area (Å²) in [5, 5.41) is 2.75. The molecule has 1 fully saturated rings. The number of halogens is 1. The van der Waals surface area contributed by atoms with E-state index in [9.17, 15) is 9.18 Å². The van der Waals surface area contributed by atoms with Crippen molar-refractivity contribution in [1.82, 2.24) is 9.97 Å². The molecule has 0 radical (unpaired) electrons. The third kappa shape index (κ3) is 4.68. The predicted molar refractivity (Wildman–Crippen MR) is 97.8 cm³/mol. The molecule has 1 saturated heterocycles. The summed E-state index contributed by atoms with van der Waals surface area (Å²) in [5.74, 6) is 1.74. The highest BCUT2D eigenvalue weighted by molar-refractivity contribution is 5.93. The van der Waals surface area contributed by atoms with Crippen molar-refractivity contribution in [3.8, 4) is 5.75 Å². The molecule has 1 unspecified atom stereocenters. The van der Waals surface area contributed by atoms with E-state index in [1.807, 2.05) is 0 Å². The normalized spacial score (nSPS) is 16.2. The summed E-state index contributed by atoms with van der Waals surface area (Å²) in [6.07, 6.45) is 2.98. The van der Waals surface area contributed by atoms with Gasteiger partial charge in [-0.3, -0.25) is 4.79 Å². The van der Waals surface area contributed by atoms with Crippen molar-refractivity contribution in [2.75, 3.05) is 23.3 Å². The number of amides is 1. The summed E-state index contributed by atoms with van der Waals surface area (Å²) < 4.78 is 18.5. The first-order chi connectivity index (χ1) is 12.5. The van der Waals surface area contributed by atoms with Crippen molar-refractivity contribution in [1.29, 1.82) is 0 Å². The van der Waals surface area contributed by atoms with Gasteiger partial charge in [-0.1, -0.05) is 6.92 Å². The minimum atomic E-state index is -0.741. The zero-order valence-corrected chi connectivity index (χ0v) is 15.0. The number of aromatic nitrogens is 2. The molecule has 6 nitrogen and oxygen atoms in total. The van der Waals surface area contributed by atoms with E-state index < -0.39 is 6.10 Å². The molecule has 26 heavy (non-hydrogen) atoms. The molecule has 1 aromatic carbocycles. The Hall–Kier alpha value is -2.70. The molecule has 0 saturated carbocycles. The molecule has 1 N–H and O–H groups in total. The fourth-order valence-corrected chi connectivity index (χ4v) is 2.82. The number of hydrogen-bond acceptors (Lipinski definition) is 5. The number of ether oxygens (including phenoxy) is 1. The second kappa shape index (κ2) is 8.12. The summed E-state index contributed by atoms with van der Waals surface area (Å²) >= 11 is 0. The van der Waals surface area contributed by atoms with Crippen LogP contribution in [0.4, 0.5) is 16.0 Å². The molecule has 1 aromatic heterocycles. The van der Waals surface area contributed by atoms with E-state index in [0.29, 0.717) is 11.6 Å². The minimum Gasteiger partial charge on any atom is -0.481 e. The molecular weight excluding hydrogens is 335 g/mol. The number of benzene rings is 1. The van der Waals surface area contributed by atoms with Gasteiger partial charge >= 0.3 is 0 Å². The summed E-state index contributed by atoms with van der Waals surface area (Å²) in [5.41, 5.74) is 0. The van der Waals surface area contributed by atoms with Gasteiger partial charge in [-0.25, -0.2) is 14.4 Å². The zero-order valence-electron chi connectivity index (χ0n) is 15.0. The van der Waals surface area contributed by atoms with E-state index in [1.165, 1.54) is 30.6 Å². The van der Waals surface area contributed by atoms with Crippen LogP contribution in [0.1, 0.15) is 26.7 Å². The summed E-state index contributed by atoms with van der Waals surface area (Å²) in [4.78, 5) is 23.0. The van der Waals surface area contributed by atoms with Crippen LogP contribution in [0, 0.1) is 11.7 Å². The van der Waals surface area contributed by atoms with E-state index in [2.05, 4.69) is 27.1 Å². The van der Waals surface area contributed by atoms with Crippen LogP contribution < -0.4 is 15.0 Å². The molecule has 1 amide bonds. The number of nitrogens with zero attached hydrogens (tertiary/aromatic N) is 3. The Morgan fingerprint density at radius 2 is 1.96 bits per heavy atom. The van der Waals surface area contributed by atoms with E-state index in [1.54, 1.807) is 13.0 Å². The molecule has 138 valence electrons. The highest BCUT2D eigenvalue weighted by Gasteiger charge is 2.19. The van der Waals surface area contributed by atoms with Gasteiger partial charge < -0.3 is 15.0 Å². The van der Waals surface area contributed by atoms with Gasteiger partial charge in [0.05, 0.1) is 0 Å². The van der Waals surface area contributed by atoms with Crippen molar-refractivity contribution in [3.05, 3.63) is 42.5 Å². The first-order valence-corrected chi connectivity index (χ1v) is 8.81. The van der Waals surface area contributed by atoms with E-state index in [0.717, 1.165) is 37.7 Å². The van der Waals surface area contributed by atoms with Crippen LogP contribution in [0.5, 0.6) is 5.75 Å². The van der Waals surface area contributed by atoms with Gasteiger partial charge in [-0.2, -0.15) is 0 Å². The number of anilines is 2. The third-order valence-corrected chi connectivity index (χ3v) is 4.51. The van der Waals surface area contributed by atoms with Crippen molar-refractivity contribution in [3.63, 3.8) is 0 Å². The Morgan fingerprint density at radius 1 is 1.27 bits per heavy atom. The Balaban J connectivity index is 1.60. The zero-order chi connectivity index (χ0) is 18.5. The lowest BCUT2D eigenvalue weighted by molar-refractivity contribution is -0.122. The van der Waals surface area contributed by atoms with Crippen LogP contribution in [0.25, 0.3) is 0 Å². The molecule has 0 bridgehead atoms. The summed E-state index contributed by atoms with van der Waals surface area (Å²) in [7, 11) is 0. The van der Waals surface area contributed by atoms with Gasteiger partial charge in [-0.05, 0) is 49.9 Å². The van der Waals surface area contributed by atoms with E-state index in [4.69, 9.17) is 4.74 Å². The number of rotatable bonds is 5. The molecule has 2 heterocycles. The number of hydrogen-bond donors (Lipinski definition) is 1. The highest BCUT2D eigenvalue weighted by atomic mass is 19.1. The van der Waals surface area contributed by atoms with Crippen LogP contribution >= 0.6 is 0 Å². The lowest BCUT2D eigenvalue weighted by atomic mass is 9.99. The average molecular weight is 358 g/mol. The van der Waals surface area contributed by atoms with Gasteiger partial charge in [0.1, 0.15) is 29.5 Å². The van der Waals surface area contributed by atoms with Crippen molar-refractivity contribution < 1.29 is 13.9 Å². The Bertz CT molecular complexity index is 745. The lowest BCUT2D eigenvalue weighted by Gasteiger charge is -2.31. The first kappa shape index (κ1) is 18.1. The topological polar surface area (TPSA) is 67.4 Å². The standard InChI is InChI=1S/C19H23FN4O2/c1-13-7-9-24(10-8-13)18-11-17(21-12-22-18)23-19(25)14(2)26-16-5-3-15(20)4-6-16/h3-6,11-14H,7-10H2,1-2H3,(H,21,22,23,25). The van der Waals surface area contributed by atoms with E-state index in [-0.39, 0.29) is 11.7 Å². The fraction of sp³-hybridized carbons (Fsp3) is 0.421. The third-order valence-electron chi connectivity index (χ3n) is 4.51. The average Bonchev–Trinajstić information content (AvgIpc) is 2.64. The maximum Gasteiger partial charge on any atom is 0.266 e. The van der Waals surface area contributed by atoms with Gasteiger partial charge in [0, 0.05) is 19.2 Å². The SMILES string of the molecule is CC1CCN(c2cc(NC(=O)C(C)Oc3ccc(F)cc3)ncn2)CC1. The Kier molecular flexibility index (Phi) is 5.65. The van der Waals surface area contributed by atoms with Gasteiger partial charge in [0.25, 0.3) is 5.91 Å². The highest BCUT2D eigenvalue weighted by Crippen LogP contribution is 2.22. The minimum absolute atomic E-state index is 0.328. The maximum absolute atomic E-state index is 12.9. The van der Waals surface area contributed by atoms with Crippen molar-refractivity contribution in [2.24, 2.45) is 5.92 Å². The van der Waals surface area contributed by atoms with Crippen molar-refractivity contribution in [2.45, 2.75) is 32.8 Å². The van der Waals surface area contributed by atoms with Gasteiger partial charge in [0.2, 0.25) is 0 Å². The van der Waals surface area contributed by atoms with Crippen molar-refractivity contribution >= 4 is 17.5 Å². The first-order valence-electron chi connectivity index (χ1n) is 8.81. The van der Waals surface area contributed by atoms with Crippen LogP contribution in [-0.4, -0.2) is 35.1 Å². The maximum atomic E-state index is 12.9. The molecule has 3 rings (SSSR count). The number of piperidine rings is 1. The lowest BCUT2D eigenvalue weighted by Crippen LogP contribution is -2.34. The van der Waals surface area contributed by atoms with Crippen LogP contribution in [-0.2, 0) is 4.79 Å². The van der Waals surface area contributed by atoms with Crippen LogP contribution in [0.3, 0.4) is 0 Å². The number of carbonyl (C=O) groups excluding carboxylic acids is 1. The predicted octanol–water partition coefficient (Wildman–Crippen LogP) is 3.26. The largest absolute Gasteiger partial charge is 0.481 e. The smallest absolute Gasteiger partial charge is 0.266 e. The number of carbonyl (C=O) groups is 1. The fourth-order valence-electron chi connectivity index (χ4n) is 2.82. The van der Waals surface area contributed by atoms with Gasteiger partial charge in [0.15, 0.2) is 6.10 Å².